The third-order valence-electron chi connectivity index (χ3n) is 1.58. The van der Waals surface area contributed by atoms with E-state index >= 15 is 0 Å². The van der Waals surface area contributed by atoms with Crippen molar-refractivity contribution in [2.45, 2.75) is 19.5 Å². The molecule has 0 amide bonds. The smallest absolute Gasteiger partial charge is 0.748 e. The molecule has 0 unspecified atom stereocenters. The van der Waals surface area contributed by atoms with Crippen LogP contribution in [0, 0.1) is 0 Å². The summed E-state index contributed by atoms with van der Waals surface area (Å²) in [6, 6.07) is 0. The molecule has 80 valence electrons. The Morgan fingerprint density at radius 1 is 1.53 bits per heavy atom. The van der Waals surface area contributed by atoms with Gasteiger partial charge in [0.1, 0.15) is 0 Å². The van der Waals surface area contributed by atoms with Crippen LogP contribution in [0.15, 0.2) is 6.20 Å². The predicted molar refractivity (Wildman–Crippen MR) is 47.1 cm³/mol. The van der Waals surface area contributed by atoms with Crippen molar-refractivity contribution in [1.82, 2.24) is 15.0 Å². The molecule has 1 aromatic rings. The number of rotatable bonds is 5. The SMILES string of the molecule is NCc1cn(CCCS(=O)(=O)[O-])nn1.[Na+]. The summed E-state index contributed by atoms with van der Waals surface area (Å²) in [5.41, 5.74) is 5.93. The Labute approximate surface area is 110 Å². The summed E-state index contributed by atoms with van der Waals surface area (Å²) in [6.07, 6.45) is 1.86. The first-order valence-electron chi connectivity index (χ1n) is 4.04. The van der Waals surface area contributed by atoms with E-state index < -0.39 is 10.1 Å². The fourth-order valence-electron chi connectivity index (χ4n) is 0.945. The number of aryl methyl sites for hydroxylation is 1. The second-order valence-electron chi connectivity index (χ2n) is 2.79. The summed E-state index contributed by atoms with van der Waals surface area (Å²) in [7, 11) is -4.13. The van der Waals surface area contributed by atoms with E-state index in [0.717, 1.165) is 0 Å². The van der Waals surface area contributed by atoms with Gasteiger partial charge in [-0.15, -0.1) is 5.10 Å². The Morgan fingerprint density at radius 3 is 2.67 bits per heavy atom. The van der Waals surface area contributed by atoms with Crippen molar-refractivity contribution in [3.8, 4) is 0 Å². The second kappa shape index (κ2) is 6.56. The van der Waals surface area contributed by atoms with Crippen LogP contribution in [0.5, 0.6) is 0 Å². The van der Waals surface area contributed by atoms with Crippen LogP contribution in [0.3, 0.4) is 0 Å². The van der Waals surface area contributed by atoms with Gasteiger partial charge < -0.3 is 10.3 Å². The summed E-state index contributed by atoms with van der Waals surface area (Å²) in [4.78, 5) is 0. The molecule has 15 heavy (non-hydrogen) atoms. The van der Waals surface area contributed by atoms with Gasteiger partial charge in [0.05, 0.1) is 15.8 Å². The average molecular weight is 242 g/mol. The summed E-state index contributed by atoms with van der Waals surface area (Å²) in [6.45, 7) is 0.647. The number of nitrogens with two attached hydrogens (primary N) is 1. The molecule has 0 fully saturated rings. The molecule has 1 rings (SSSR count). The molecule has 0 aromatic carbocycles. The molecular formula is C6H11N4NaO3S. The third-order valence-corrected chi connectivity index (χ3v) is 2.37. The molecule has 9 heteroatoms. The topological polar surface area (TPSA) is 114 Å². The number of hydrogen-bond acceptors (Lipinski definition) is 6. The van der Waals surface area contributed by atoms with E-state index in [4.69, 9.17) is 5.73 Å². The maximum Gasteiger partial charge on any atom is 1.00 e. The van der Waals surface area contributed by atoms with Crippen molar-refractivity contribution in [3.63, 3.8) is 0 Å². The van der Waals surface area contributed by atoms with Gasteiger partial charge in [-0.25, -0.2) is 8.42 Å². The molecular weight excluding hydrogens is 231 g/mol. The van der Waals surface area contributed by atoms with Crippen LogP contribution in [0.25, 0.3) is 0 Å². The van der Waals surface area contributed by atoms with Crippen molar-refractivity contribution in [2.75, 3.05) is 5.75 Å². The molecule has 0 saturated heterocycles. The predicted octanol–water partition coefficient (Wildman–Crippen LogP) is -4.32. The molecule has 1 heterocycles. The molecule has 0 spiro atoms. The van der Waals surface area contributed by atoms with Gasteiger partial charge in [-0.05, 0) is 6.42 Å². The number of nitrogens with zero attached hydrogens (tertiary/aromatic N) is 3. The van der Waals surface area contributed by atoms with Gasteiger partial charge in [0.2, 0.25) is 0 Å². The molecule has 7 nitrogen and oxygen atoms in total. The van der Waals surface area contributed by atoms with E-state index in [1.807, 2.05) is 0 Å². The standard InChI is InChI=1S/C6H12N4O3S.Na/c7-4-6-5-10(9-8-6)2-1-3-14(11,12)13;/h5H,1-4,7H2,(H,11,12,13);/q;+1/p-1. The molecule has 0 radical (unpaired) electrons. The van der Waals surface area contributed by atoms with Crippen molar-refractivity contribution >= 4 is 10.1 Å². The molecule has 0 bridgehead atoms. The monoisotopic (exact) mass is 242 g/mol. The summed E-state index contributed by atoms with van der Waals surface area (Å²) < 4.78 is 32.3. The van der Waals surface area contributed by atoms with Gasteiger partial charge in [0.25, 0.3) is 0 Å². The Bertz CT molecular complexity index is 391. The molecule has 0 atom stereocenters. The van der Waals surface area contributed by atoms with Crippen molar-refractivity contribution in [1.29, 1.82) is 0 Å². The normalized spacial score (nSPS) is 11.1. The zero-order valence-corrected chi connectivity index (χ0v) is 11.3. The summed E-state index contributed by atoms with van der Waals surface area (Å²) in [5, 5.41) is 7.41. The van der Waals surface area contributed by atoms with E-state index in [2.05, 4.69) is 10.3 Å². The summed E-state index contributed by atoms with van der Waals surface area (Å²) >= 11 is 0. The molecule has 0 aliphatic rings. The van der Waals surface area contributed by atoms with Crippen LogP contribution >= 0.6 is 0 Å². The minimum Gasteiger partial charge on any atom is -0.748 e. The van der Waals surface area contributed by atoms with Gasteiger partial charge in [-0.2, -0.15) is 0 Å². The molecule has 0 aliphatic carbocycles. The molecule has 0 saturated carbocycles. The first-order valence-corrected chi connectivity index (χ1v) is 5.61. The molecule has 2 N–H and O–H groups in total. The van der Waals surface area contributed by atoms with Gasteiger partial charge in [0, 0.05) is 25.0 Å². The average Bonchev–Trinajstić information content (AvgIpc) is 2.50. The maximum atomic E-state index is 10.3. The van der Waals surface area contributed by atoms with E-state index in [1.165, 1.54) is 4.68 Å². The number of hydrogen-bond donors (Lipinski definition) is 1. The number of aromatic nitrogens is 3. The van der Waals surface area contributed by atoms with Gasteiger partial charge in [0.15, 0.2) is 0 Å². The Balaban J connectivity index is 0.00000196. The first kappa shape index (κ1) is 15.0. The van der Waals surface area contributed by atoms with E-state index in [1.54, 1.807) is 6.20 Å². The van der Waals surface area contributed by atoms with Crippen LogP contribution in [0.2, 0.25) is 0 Å². The zero-order valence-electron chi connectivity index (χ0n) is 8.46. The largest absolute Gasteiger partial charge is 1.00 e. The maximum absolute atomic E-state index is 10.3. The molecule has 1 aromatic heterocycles. The summed E-state index contributed by atoms with van der Waals surface area (Å²) in [5.74, 6) is -0.384. The van der Waals surface area contributed by atoms with E-state index in [9.17, 15) is 13.0 Å². The van der Waals surface area contributed by atoms with Crippen LogP contribution in [-0.2, 0) is 23.2 Å². The third kappa shape index (κ3) is 6.23. The minimum absolute atomic E-state index is 0. The van der Waals surface area contributed by atoms with Crippen LogP contribution in [0.4, 0.5) is 0 Å². The van der Waals surface area contributed by atoms with Gasteiger partial charge in [-0.3, -0.25) is 4.68 Å². The van der Waals surface area contributed by atoms with Crippen molar-refractivity contribution in [2.24, 2.45) is 5.73 Å². The van der Waals surface area contributed by atoms with E-state index in [0.29, 0.717) is 18.8 Å². The quantitative estimate of drug-likeness (QED) is 0.412. The Morgan fingerprint density at radius 2 is 2.20 bits per heavy atom. The Hall–Kier alpha value is 0.0100. The first-order chi connectivity index (χ1) is 6.51. The van der Waals surface area contributed by atoms with Crippen molar-refractivity contribution < 1.29 is 42.5 Å². The fourth-order valence-corrected chi connectivity index (χ4v) is 1.43. The Kier molecular flexibility index (Phi) is 6.57. The van der Waals surface area contributed by atoms with E-state index in [-0.39, 0.29) is 41.7 Å². The molecule has 0 aliphatic heterocycles. The van der Waals surface area contributed by atoms with Crippen LogP contribution < -0.4 is 35.3 Å². The fraction of sp³-hybridized carbons (Fsp3) is 0.667. The van der Waals surface area contributed by atoms with Crippen molar-refractivity contribution in [3.05, 3.63) is 11.9 Å². The van der Waals surface area contributed by atoms with Gasteiger partial charge >= 0.3 is 29.6 Å². The second-order valence-corrected chi connectivity index (χ2v) is 4.32. The van der Waals surface area contributed by atoms with Crippen LogP contribution in [0.1, 0.15) is 12.1 Å². The van der Waals surface area contributed by atoms with Crippen LogP contribution in [-0.4, -0.2) is 33.7 Å². The van der Waals surface area contributed by atoms with Gasteiger partial charge in [-0.1, -0.05) is 5.21 Å². The minimum atomic E-state index is -4.13. The zero-order chi connectivity index (χ0) is 10.6.